The van der Waals surface area contributed by atoms with Crippen LogP contribution in [0.1, 0.15) is 11.4 Å². The standard InChI is InChI=1S/C21H27N9O/c1-16-13-17(2)30(26-16)19-4-3-18(24-25-19)27-5-7-28(8-6-27)20-14-21(23-15-22-20)29-9-11-31-12-10-29/h3-4,13-15H,5-12H2,1-2H3. The average molecular weight is 422 g/mol. The molecule has 0 N–H and O–H groups in total. The van der Waals surface area contributed by atoms with Crippen molar-refractivity contribution in [1.82, 2.24) is 29.9 Å². The summed E-state index contributed by atoms with van der Waals surface area (Å²) in [6.45, 7) is 10.7. The van der Waals surface area contributed by atoms with E-state index in [4.69, 9.17) is 4.74 Å². The van der Waals surface area contributed by atoms with Gasteiger partial charge in [-0.3, -0.25) is 0 Å². The lowest BCUT2D eigenvalue weighted by Crippen LogP contribution is -2.47. The number of ether oxygens (including phenoxy) is 1. The quantitative estimate of drug-likeness (QED) is 0.617. The van der Waals surface area contributed by atoms with Crippen molar-refractivity contribution >= 4 is 17.5 Å². The smallest absolute Gasteiger partial charge is 0.176 e. The second kappa shape index (κ2) is 8.46. The third kappa shape index (κ3) is 4.15. The number of rotatable bonds is 4. The molecule has 2 saturated heterocycles. The highest BCUT2D eigenvalue weighted by Gasteiger charge is 2.21. The Morgan fingerprint density at radius 1 is 0.710 bits per heavy atom. The van der Waals surface area contributed by atoms with Gasteiger partial charge in [-0.05, 0) is 32.0 Å². The maximum absolute atomic E-state index is 5.44. The molecule has 162 valence electrons. The van der Waals surface area contributed by atoms with Crippen LogP contribution in [0, 0.1) is 13.8 Å². The summed E-state index contributed by atoms with van der Waals surface area (Å²) < 4.78 is 7.27. The molecule has 10 nitrogen and oxygen atoms in total. The van der Waals surface area contributed by atoms with Crippen molar-refractivity contribution < 1.29 is 4.74 Å². The highest BCUT2D eigenvalue weighted by molar-refractivity contribution is 5.52. The first kappa shape index (κ1) is 19.7. The van der Waals surface area contributed by atoms with Gasteiger partial charge in [0.2, 0.25) is 0 Å². The van der Waals surface area contributed by atoms with Crippen LogP contribution in [0.15, 0.2) is 30.6 Å². The third-order valence-electron chi connectivity index (χ3n) is 5.76. The van der Waals surface area contributed by atoms with Crippen molar-refractivity contribution in [3.8, 4) is 5.82 Å². The zero-order valence-electron chi connectivity index (χ0n) is 18.0. The number of aryl methyl sites for hydroxylation is 2. The monoisotopic (exact) mass is 421 g/mol. The van der Waals surface area contributed by atoms with Crippen molar-refractivity contribution in [3.63, 3.8) is 0 Å². The lowest BCUT2D eigenvalue weighted by molar-refractivity contribution is 0.122. The van der Waals surface area contributed by atoms with Crippen LogP contribution >= 0.6 is 0 Å². The highest BCUT2D eigenvalue weighted by atomic mass is 16.5. The van der Waals surface area contributed by atoms with Crippen LogP contribution in [0.25, 0.3) is 5.82 Å². The van der Waals surface area contributed by atoms with E-state index in [1.54, 1.807) is 6.33 Å². The molecule has 3 aromatic rings. The summed E-state index contributed by atoms with van der Waals surface area (Å²) in [6, 6.07) is 8.12. The van der Waals surface area contributed by atoms with E-state index < -0.39 is 0 Å². The Balaban J connectivity index is 1.23. The van der Waals surface area contributed by atoms with Gasteiger partial charge in [0.15, 0.2) is 11.6 Å². The minimum atomic E-state index is 0.740. The number of nitrogens with zero attached hydrogens (tertiary/aromatic N) is 9. The summed E-state index contributed by atoms with van der Waals surface area (Å²) in [5, 5.41) is 13.3. The summed E-state index contributed by atoms with van der Waals surface area (Å²) in [7, 11) is 0. The lowest BCUT2D eigenvalue weighted by Gasteiger charge is -2.36. The summed E-state index contributed by atoms with van der Waals surface area (Å²) in [6.07, 6.45) is 1.66. The van der Waals surface area contributed by atoms with Crippen molar-refractivity contribution in [3.05, 3.63) is 42.0 Å². The van der Waals surface area contributed by atoms with Crippen LogP contribution in [-0.2, 0) is 4.74 Å². The van der Waals surface area contributed by atoms with Gasteiger partial charge in [0.05, 0.1) is 18.9 Å². The fourth-order valence-corrected chi connectivity index (χ4v) is 4.10. The van der Waals surface area contributed by atoms with E-state index in [1.165, 1.54) is 0 Å². The molecule has 2 aliphatic rings. The van der Waals surface area contributed by atoms with Gasteiger partial charge in [-0.25, -0.2) is 14.6 Å². The second-order valence-electron chi connectivity index (χ2n) is 7.90. The molecule has 0 spiro atoms. The van der Waals surface area contributed by atoms with Crippen LogP contribution in [0.2, 0.25) is 0 Å². The minimum absolute atomic E-state index is 0.740. The second-order valence-corrected chi connectivity index (χ2v) is 7.90. The minimum Gasteiger partial charge on any atom is -0.378 e. The first-order valence-corrected chi connectivity index (χ1v) is 10.7. The van der Waals surface area contributed by atoms with Crippen molar-refractivity contribution in [1.29, 1.82) is 0 Å². The number of hydrogen-bond acceptors (Lipinski definition) is 9. The SMILES string of the molecule is Cc1cc(C)n(-c2ccc(N3CCN(c4cc(N5CCOCC5)ncn4)CC3)nn2)n1. The zero-order chi connectivity index (χ0) is 21.2. The molecule has 3 aromatic heterocycles. The molecule has 0 saturated carbocycles. The molecule has 0 radical (unpaired) electrons. The molecule has 31 heavy (non-hydrogen) atoms. The van der Waals surface area contributed by atoms with Gasteiger partial charge in [0, 0.05) is 51.0 Å². The molecule has 0 atom stereocenters. The van der Waals surface area contributed by atoms with Crippen LogP contribution in [0.4, 0.5) is 17.5 Å². The van der Waals surface area contributed by atoms with Gasteiger partial charge in [0.1, 0.15) is 18.0 Å². The molecule has 5 rings (SSSR count). The maximum Gasteiger partial charge on any atom is 0.176 e. The Kier molecular flexibility index (Phi) is 5.37. The van der Waals surface area contributed by atoms with Crippen LogP contribution < -0.4 is 14.7 Å². The Labute approximate surface area is 181 Å². The molecule has 2 fully saturated rings. The van der Waals surface area contributed by atoms with Gasteiger partial charge < -0.3 is 19.4 Å². The normalized spacial score (nSPS) is 17.3. The van der Waals surface area contributed by atoms with E-state index in [2.05, 4.69) is 46.0 Å². The van der Waals surface area contributed by atoms with Gasteiger partial charge in [0.25, 0.3) is 0 Å². The number of anilines is 3. The molecule has 0 aliphatic carbocycles. The van der Waals surface area contributed by atoms with Crippen molar-refractivity contribution in [2.24, 2.45) is 0 Å². The zero-order valence-corrected chi connectivity index (χ0v) is 18.0. The Morgan fingerprint density at radius 3 is 1.87 bits per heavy atom. The predicted molar refractivity (Wildman–Crippen MR) is 118 cm³/mol. The molecule has 0 amide bonds. The number of hydrogen-bond donors (Lipinski definition) is 0. The maximum atomic E-state index is 5.44. The molecule has 0 bridgehead atoms. The largest absolute Gasteiger partial charge is 0.378 e. The predicted octanol–water partition coefficient (Wildman–Crippen LogP) is 1.23. The van der Waals surface area contributed by atoms with Crippen LogP contribution in [0.5, 0.6) is 0 Å². The molecular formula is C21H27N9O. The lowest BCUT2D eigenvalue weighted by atomic mass is 10.3. The first-order valence-electron chi connectivity index (χ1n) is 10.7. The molecular weight excluding hydrogens is 394 g/mol. The van der Waals surface area contributed by atoms with Crippen molar-refractivity contribution in [2.75, 3.05) is 67.2 Å². The number of morpholine rings is 1. The summed E-state index contributed by atoms with van der Waals surface area (Å²) in [4.78, 5) is 15.8. The molecule has 10 heteroatoms. The van der Waals surface area contributed by atoms with Gasteiger partial charge in [-0.2, -0.15) is 5.10 Å². The van der Waals surface area contributed by atoms with Gasteiger partial charge >= 0.3 is 0 Å². The van der Waals surface area contributed by atoms with Crippen molar-refractivity contribution in [2.45, 2.75) is 13.8 Å². The van der Waals surface area contributed by atoms with Gasteiger partial charge in [-0.1, -0.05) is 0 Å². The summed E-state index contributed by atoms with van der Waals surface area (Å²) in [5.74, 6) is 3.58. The molecule has 0 unspecified atom stereocenters. The fraction of sp³-hybridized carbons (Fsp3) is 0.476. The van der Waals surface area contributed by atoms with E-state index in [9.17, 15) is 0 Å². The first-order chi connectivity index (χ1) is 15.2. The highest BCUT2D eigenvalue weighted by Crippen LogP contribution is 2.21. The van der Waals surface area contributed by atoms with E-state index in [1.807, 2.05) is 36.7 Å². The van der Waals surface area contributed by atoms with E-state index in [0.717, 1.165) is 87.1 Å². The summed E-state index contributed by atoms with van der Waals surface area (Å²) in [5.41, 5.74) is 2.02. The van der Waals surface area contributed by atoms with E-state index >= 15 is 0 Å². The average Bonchev–Trinajstić information content (AvgIpc) is 3.18. The fourth-order valence-electron chi connectivity index (χ4n) is 4.10. The number of piperazine rings is 1. The molecule has 5 heterocycles. The van der Waals surface area contributed by atoms with E-state index in [0.29, 0.717) is 0 Å². The number of aromatic nitrogens is 6. The Morgan fingerprint density at radius 2 is 1.29 bits per heavy atom. The Hall–Kier alpha value is -3.27. The molecule has 0 aromatic carbocycles. The van der Waals surface area contributed by atoms with Crippen LogP contribution in [0.3, 0.4) is 0 Å². The third-order valence-corrected chi connectivity index (χ3v) is 5.76. The Bertz CT molecular complexity index is 1020. The van der Waals surface area contributed by atoms with Gasteiger partial charge in [-0.15, -0.1) is 10.2 Å². The summed E-state index contributed by atoms with van der Waals surface area (Å²) >= 11 is 0. The van der Waals surface area contributed by atoms with E-state index in [-0.39, 0.29) is 0 Å². The topological polar surface area (TPSA) is 88.3 Å². The molecule has 2 aliphatic heterocycles. The van der Waals surface area contributed by atoms with Crippen LogP contribution in [-0.4, -0.2) is 82.4 Å².